The zero-order valence-corrected chi connectivity index (χ0v) is 16.7. The Hall–Kier alpha value is -1.71. The first-order valence-electron chi connectivity index (χ1n) is 8.77. The van der Waals surface area contributed by atoms with E-state index in [4.69, 9.17) is 0 Å². The Morgan fingerprint density at radius 2 is 1.84 bits per heavy atom. The molecule has 0 radical (unpaired) electrons. The molecule has 3 nitrogen and oxygen atoms in total. The third-order valence-corrected chi connectivity index (χ3v) is 4.56. The van der Waals surface area contributed by atoms with Crippen LogP contribution in [0.4, 0.5) is 0 Å². The number of carbonyl (C=O) groups excluding carboxylic acids is 1. The molecule has 0 aromatic carbocycles. The van der Waals surface area contributed by atoms with E-state index in [1.807, 2.05) is 25.2 Å². The van der Waals surface area contributed by atoms with Crippen LogP contribution in [0.2, 0.25) is 0 Å². The summed E-state index contributed by atoms with van der Waals surface area (Å²) in [4.78, 5) is 11.4. The molecule has 4 N–H and O–H groups in total. The highest BCUT2D eigenvalue weighted by atomic mass is 16.3. The summed E-state index contributed by atoms with van der Waals surface area (Å²) in [5.74, 6) is -0.264. The minimum absolute atomic E-state index is 0. The van der Waals surface area contributed by atoms with Crippen LogP contribution in [0.5, 0.6) is 0 Å². The van der Waals surface area contributed by atoms with Gasteiger partial charge in [0.15, 0.2) is 5.78 Å². The molecule has 0 aromatic rings. The van der Waals surface area contributed by atoms with Gasteiger partial charge in [-0.1, -0.05) is 55.4 Å². The van der Waals surface area contributed by atoms with Crippen LogP contribution in [0.15, 0.2) is 58.7 Å². The topological polar surface area (TPSA) is 72.3 Å². The van der Waals surface area contributed by atoms with Crippen molar-refractivity contribution in [3.63, 3.8) is 0 Å². The lowest BCUT2D eigenvalue weighted by molar-refractivity contribution is -0.121. The number of allylic oxidation sites excluding steroid dienone is 9. The first-order chi connectivity index (χ1) is 11.1. The molecule has 1 aliphatic rings. The maximum Gasteiger partial charge on any atom is 0.184 e. The Morgan fingerprint density at radius 1 is 1.20 bits per heavy atom. The van der Waals surface area contributed by atoms with Crippen molar-refractivity contribution in [1.29, 1.82) is 0 Å². The van der Waals surface area contributed by atoms with Gasteiger partial charge < -0.3 is 11.3 Å². The number of hydrogen-bond acceptors (Lipinski definition) is 3. The van der Waals surface area contributed by atoms with Crippen LogP contribution in [0.25, 0.3) is 0 Å². The van der Waals surface area contributed by atoms with Crippen molar-refractivity contribution in [2.45, 2.75) is 66.9 Å². The average molecular weight is 346 g/mol. The molecule has 1 unspecified atom stereocenters. The van der Waals surface area contributed by atoms with Gasteiger partial charge in [0, 0.05) is 0 Å². The largest absolute Gasteiger partial charge is 0.385 e. The van der Waals surface area contributed by atoms with Gasteiger partial charge in [-0.05, 0) is 69.6 Å². The highest BCUT2D eigenvalue weighted by molar-refractivity contribution is 5.93. The van der Waals surface area contributed by atoms with Gasteiger partial charge in [-0.15, -0.1) is 0 Å². The summed E-state index contributed by atoms with van der Waals surface area (Å²) in [6.07, 6.45) is 14.5. The Bertz CT molecular complexity index is 614. The standard InChI is InChI=1S/C22H32O2.H3N/c1-16(9-7-10-17(2)15-21(24)19(4)23)12-13-20-18(3)11-8-14-22(20,5)6;/h7,9-10,12-13,15,19,23H,8,11,14H2,1-6H3;1H3/b10-7+,13-12+,16-9+,17-15+;. The average Bonchev–Trinajstić information content (AvgIpc) is 2.45. The van der Waals surface area contributed by atoms with Crippen molar-refractivity contribution in [2.24, 2.45) is 5.41 Å². The smallest absolute Gasteiger partial charge is 0.184 e. The van der Waals surface area contributed by atoms with Crippen molar-refractivity contribution in [2.75, 3.05) is 0 Å². The molecule has 0 aliphatic heterocycles. The maximum absolute atomic E-state index is 11.4. The lowest BCUT2D eigenvalue weighted by Crippen LogP contribution is -2.19. The number of aliphatic hydroxyl groups is 1. The predicted molar refractivity (Wildman–Crippen MR) is 108 cm³/mol. The molecule has 0 bridgehead atoms. The fraction of sp³-hybridized carbons (Fsp3) is 0.500. The zero-order valence-electron chi connectivity index (χ0n) is 16.7. The van der Waals surface area contributed by atoms with Gasteiger partial charge in [0.05, 0.1) is 0 Å². The zero-order chi connectivity index (χ0) is 18.3. The molecule has 0 aromatic heterocycles. The van der Waals surface area contributed by atoms with Gasteiger partial charge in [0.1, 0.15) is 6.10 Å². The molecule has 1 rings (SSSR count). The first-order valence-corrected chi connectivity index (χ1v) is 8.77. The summed E-state index contributed by atoms with van der Waals surface area (Å²) in [6, 6.07) is 0. The van der Waals surface area contributed by atoms with E-state index in [-0.39, 0.29) is 17.3 Å². The van der Waals surface area contributed by atoms with Crippen molar-refractivity contribution < 1.29 is 9.90 Å². The van der Waals surface area contributed by atoms with Gasteiger partial charge >= 0.3 is 0 Å². The summed E-state index contributed by atoms with van der Waals surface area (Å²) in [5.41, 5.74) is 5.23. The molecule has 3 heteroatoms. The molecule has 0 spiro atoms. The number of rotatable bonds is 6. The number of hydrogen-bond donors (Lipinski definition) is 2. The lowest BCUT2D eigenvalue weighted by atomic mass is 9.72. The van der Waals surface area contributed by atoms with E-state index in [2.05, 4.69) is 39.8 Å². The predicted octanol–water partition coefficient (Wildman–Crippen LogP) is 5.63. The highest BCUT2D eigenvalue weighted by Crippen LogP contribution is 2.40. The molecule has 140 valence electrons. The molecule has 0 saturated carbocycles. The van der Waals surface area contributed by atoms with E-state index in [0.29, 0.717) is 0 Å². The Kier molecular flexibility index (Phi) is 9.61. The van der Waals surface area contributed by atoms with E-state index in [1.54, 1.807) is 0 Å². The second-order valence-electron chi connectivity index (χ2n) is 7.50. The normalized spacial score (nSPS) is 20.1. The fourth-order valence-corrected chi connectivity index (χ4v) is 3.03. The third-order valence-electron chi connectivity index (χ3n) is 4.56. The van der Waals surface area contributed by atoms with Gasteiger partial charge in [-0.3, -0.25) is 4.79 Å². The first kappa shape index (κ1) is 23.3. The quantitative estimate of drug-likeness (QED) is 0.484. The van der Waals surface area contributed by atoms with Crippen LogP contribution in [-0.2, 0) is 4.79 Å². The van der Waals surface area contributed by atoms with Crippen molar-refractivity contribution >= 4 is 5.78 Å². The van der Waals surface area contributed by atoms with Crippen LogP contribution in [0, 0.1) is 5.41 Å². The SMILES string of the molecule is CC1=C(/C=C/C(C)=C/C=C/C(C)=C/C(=O)C(C)O)C(C)(C)CCC1.N. The van der Waals surface area contributed by atoms with E-state index < -0.39 is 6.10 Å². The second kappa shape index (κ2) is 10.3. The minimum atomic E-state index is -0.941. The molecular formula is C22H35NO2. The van der Waals surface area contributed by atoms with Gasteiger partial charge in [-0.2, -0.15) is 0 Å². The molecule has 0 fully saturated rings. The van der Waals surface area contributed by atoms with Crippen LogP contribution in [0.1, 0.15) is 60.8 Å². The summed E-state index contributed by atoms with van der Waals surface area (Å²) in [5, 5.41) is 9.20. The van der Waals surface area contributed by atoms with Crippen LogP contribution >= 0.6 is 0 Å². The fourth-order valence-electron chi connectivity index (χ4n) is 3.03. The van der Waals surface area contributed by atoms with Crippen molar-refractivity contribution in [3.8, 4) is 0 Å². The van der Waals surface area contributed by atoms with E-state index >= 15 is 0 Å². The molecule has 0 heterocycles. The Balaban J connectivity index is 0.00000576. The summed E-state index contributed by atoms with van der Waals surface area (Å²) in [6.45, 7) is 12.3. The Morgan fingerprint density at radius 3 is 2.40 bits per heavy atom. The molecule has 1 aliphatic carbocycles. The third kappa shape index (κ3) is 7.80. The summed E-state index contributed by atoms with van der Waals surface area (Å²) in [7, 11) is 0. The number of aliphatic hydroxyl groups excluding tert-OH is 1. The number of ketones is 1. The molecule has 0 saturated heterocycles. The second-order valence-corrected chi connectivity index (χ2v) is 7.50. The minimum Gasteiger partial charge on any atom is -0.385 e. The maximum atomic E-state index is 11.4. The van der Waals surface area contributed by atoms with Gasteiger partial charge in [-0.25, -0.2) is 0 Å². The van der Waals surface area contributed by atoms with E-state index in [9.17, 15) is 9.90 Å². The Labute approximate surface area is 153 Å². The van der Waals surface area contributed by atoms with Crippen molar-refractivity contribution in [1.82, 2.24) is 6.15 Å². The lowest BCUT2D eigenvalue weighted by Gasteiger charge is -2.32. The highest BCUT2D eigenvalue weighted by Gasteiger charge is 2.26. The molecule has 1 atom stereocenters. The summed E-state index contributed by atoms with van der Waals surface area (Å²) < 4.78 is 0. The molecule has 25 heavy (non-hydrogen) atoms. The van der Waals surface area contributed by atoms with E-state index in [0.717, 1.165) is 5.57 Å². The van der Waals surface area contributed by atoms with Crippen LogP contribution < -0.4 is 6.15 Å². The monoisotopic (exact) mass is 345 g/mol. The molecule has 0 amide bonds. The van der Waals surface area contributed by atoms with Crippen LogP contribution in [0.3, 0.4) is 0 Å². The summed E-state index contributed by atoms with van der Waals surface area (Å²) >= 11 is 0. The van der Waals surface area contributed by atoms with Crippen molar-refractivity contribution in [3.05, 3.63) is 58.7 Å². The molecular weight excluding hydrogens is 310 g/mol. The van der Waals surface area contributed by atoms with Gasteiger partial charge in [0.2, 0.25) is 0 Å². The van der Waals surface area contributed by atoms with E-state index in [1.165, 1.54) is 49.0 Å². The number of carbonyl (C=O) groups is 1. The van der Waals surface area contributed by atoms with Gasteiger partial charge in [0.25, 0.3) is 0 Å². The van der Waals surface area contributed by atoms with Crippen LogP contribution in [-0.4, -0.2) is 17.0 Å².